The number of aryl methyl sites for hydroxylation is 1. The molecule has 1 unspecified atom stereocenters. The Bertz CT molecular complexity index is 685. The van der Waals surface area contributed by atoms with Crippen LogP contribution in [0.5, 0.6) is 0 Å². The number of hydrogen-bond acceptors (Lipinski definition) is 2. The summed E-state index contributed by atoms with van der Waals surface area (Å²) in [7, 11) is 0. The van der Waals surface area contributed by atoms with Gasteiger partial charge in [0.2, 0.25) is 0 Å². The van der Waals surface area contributed by atoms with Gasteiger partial charge < -0.3 is 10.2 Å². The predicted octanol–water partition coefficient (Wildman–Crippen LogP) is 3.98. The van der Waals surface area contributed by atoms with Gasteiger partial charge in [-0.05, 0) is 24.1 Å². The van der Waals surface area contributed by atoms with Crippen molar-refractivity contribution in [2.24, 2.45) is 5.73 Å². The smallest absolute Gasteiger partial charge is 0.137 e. The summed E-state index contributed by atoms with van der Waals surface area (Å²) in [5, 5.41) is 1.15. The quantitative estimate of drug-likeness (QED) is 0.764. The minimum absolute atomic E-state index is 0.0259. The van der Waals surface area contributed by atoms with Crippen molar-refractivity contribution in [3.8, 4) is 0 Å². The molecule has 0 radical (unpaired) electrons. The van der Waals surface area contributed by atoms with Crippen LogP contribution in [-0.4, -0.2) is 0 Å². The van der Waals surface area contributed by atoms with Gasteiger partial charge in [-0.2, -0.15) is 0 Å². The number of nitrogens with two attached hydrogens (primary N) is 1. The van der Waals surface area contributed by atoms with Gasteiger partial charge >= 0.3 is 0 Å². The molecule has 1 heterocycles. The fourth-order valence-corrected chi connectivity index (χ4v) is 2.40. The molecule has 2 aromatic carbocycles. The Labute approximate surface area is 112 Å². The maximum absolute atomic E-state index is 6.23. The monoisotopic (exact) mass is 251 g/mol. The first kappa shape index (κ1) is 12.0. The van der Waals surface area contributed by atoms with Crippen molar-refractivity contribution in [3.63, 3.8) is 0 Å². The molecule has 0 aliphatic heterocycles. The molecule has 0 aliphatic rings. The van der Waals surface area contributed by atoms with E-state index >= 15 is 0 Å². The average molecular weight is 251 g/mol. The molecule has 2 nitrogen and oxygen atoms in total. The van der Waals surface area contributed by atoms with Crippen molar-refractivity contribution in [3.05, 3.63) is 71.5 Å². The lowest BCUT2D eigenvalue weighted by molar-refractivity contribution is 0.519. The first-order chi connectivity index (χ1) is 9.24. The maximum atomic E-state index is 6.23. The highest BCUT2D eigenvalue weighted by Gasteiger charge is 2.11. The first-order valence-corrected chi connectivity index (χ1v) is 6.52. The molecule has 3 rings (SSSR count). The van der Waals surface area contributed by atoms with Gasteiger partial charge in [0.1, 0.15) is 11.3 Å². The van der Waals surface area contributed by atoms with E-state index < -0.39 is 0 Å². The zero-order valence-electron chi connectivity index (χ0n) is 11.0. The summed E-state index contributed by atoms with van der Waals surface area (Å²) in [6.07, 6.45) is 0.720. The van der Waals surface area contributed by atoms with Crippen molar-refractivity contribution in [2.75, 3.05) is 0 Å². The molecular formula is C17H17NO. The molecule has 0 fully saturated rings. The Morgan fingerprint density at radius 1 is 1.05 bits per heavy atom. The second-order valence-corrected chi connectivity index (χ2v) is 4.93. The Morgan fingerprint density at radius 2 is 1.84 bits per heavy atom. The van der Waals surface area contributed by atoms with Gasteiger partial charge in [-0.3, -0.25) is 0 Å². The van der Waals surface area contributed by atoms with Crippen LogP contribution >= 0.6 is 0 Å². The second kappa shape index (κ2) is 4.90. The second-order valence-electron chi connectivity index (χ2n) is 4.93. The standard InChI is InChI=1S/C17H17NO/c1-12-6-5-9-14-10-15(19-17(12)14)11-16(18)13-7-3-2-4-8-13/h2-10,16H,11,18H2,1H3. The zero-order chi connectivity index (χ0) is 13.2. The summed E-state index contributed by atoms with van der Waals surface area (Å²) >= 11 is 0. The summed E-state index contributed by atoms with van der Waals surface area (Å²) in [4.78, 5) is 0. The number of benzene rings is 2. The minimum Gasteiger partial charge on any atom is -0.461 e. The highest BCUT2D eigenvalue weighted by atomic mass is 16.3. The molecule has 2 heteroatoms. The molecule has 0 saturated carbocycles. The molecule has 0 amide bonds. The van der Waals surface area contributed by atoms with Crippen LogP contribution in [0, 0.1) is 6.92 Å². The van der Waals surface area contributed by atoms with Crippen molar-refractivity contribution >= 4 is 11.0 Å². The molecule has 19 heavy (non-hydrogen) atoms. The van der Waals surface area contributed by atoms with Crippen LogP contribution in [0.4, 0.5) is 0 Å². The number of furan rings is 1. The summed E-state index contributed by atoms with van der Waals surface area (Å²) in [5.41, 5.74) is 9.50. The van der Waals surface area contributed by atoms with E-state index in [0.717, 1.165) is 34.3 Å². The first-order valence-electron chi connectivity index (χ1n) is 6.52. The predicted molar refractivity (Wildman–Crippen MR) is 78.0 cm³/mol. The Balaban J connectivity index is 1.88. The summed E-state index contributed by atoms with van der Waals surface area (Å²) in [6.45, 7) is 2.06. The van der Waals surface area contributed by atoms with Crippen LogP contribution in [0.3, 0.4) is 0 Å². The van der Waals surface area contributed by atoms with Crippen molar-refractivity contribution in [2.45, 2.75) is 19.4 Å². The molecule has 1 aromatic heterocycles. The summed E-state index contributed by atoms with van der Waals surface area (Å²) in [5.74, 6) is 0.945. The van der Waals surface area contributed by atoms with Crippen LogP contribution in [0.25, 0.3) is 11.0 Å². The van der Waals surface area contributed by atoms with Gasteiger partial charge in [0.15, 0.2) is 0 Å². The van der Waals surface area contributed by atoms with Gasteiger partial charge in [0, 0.05) is 17.8 Å². The normalized spacial score (nSPS) is 12.7. The van der Waals surface area contributed by atoms with Crippen LogP contribution < -0.4 is 5.73 Å². The van der Waals surface area contributed by atoms with Crippen LogP contribution in [-0.2, 0) is 6.42 Å². The van der Waals surface area contributed by atoms with Crippen LogP contribution in [0.15, 0.2) is 59.0 Å². The molecule has 96 valence electrons. The molecule has 0 spiro atoms. The van der Waals surface area contributed by atoms with E-state index in [1.807, 2.05) is 24.3 Å². The Morgan fingerprint density at radius 3 is 2.58 bits per heavy atom. The molecule has 3 aromatic rings. The number of para-hydroxylation sites is 1. The molecule has 1 atom stereocenters. The van der Waals surface area contributed by atoms with Crippen molar-refractivity contribution in [1.82, 2.24) is 0 Å². The third kappa shape index (κ3) is 2.40. The topological polar surface area (TPSA) is 39.2 Å². The van der Waals surface area contributed by atoms with Crippen molar-refractivity contribution in [1.29, 1.82) is 0 Å². The lowest BCUT2D eigenvalue weighted by Crippen LogP contribution is -2.12. The van der Waals surface area contributed by atoms with Gasteiger partial charge in [-0.25, -0.2) is 0 Å². The molecule has 0 bridgehead atoms. The van der Waals surface area contributed by atoms with Crippen LogP contribution in [0.2, 0.25) is 0 Å². The summed E-state index contributed by atoms with van der Waals surface area (Å²) < 4.78 is 5.91. The molecule has 0 aliphatic carbocycles. The Hall–Kier alpha value is -2.06. The van der Waals surface area contributed by atoms with E-state index in [1.165, 1.54) is 0 Å². The van der Waals surface area contributed by atoms with Crippen LogP contribution in [0.1, 0.15) is 22.9 Å². The van der Waals surface area contributed by atoms with Crippen molar-refractivity contribution < 1.29 is 4.42 Å². The van der Waals surface area contributed by atoms with E-state index in [4.69, 9.17) is 10.2 Å². The third-order valence-electron chi connectivity index (χ3n) is 3.44. The number of rotatable bonds is 3. The fourth-order valence-electron chi connectivity index (χ4n) is 2.40. The lowest BCUT2D eigenvalue weighted by atomic mass is 10.0. The Kier molecular flexibility index (Phi) is 3.10. The highest BCUT2D eigenvalue weighted by Crippen LogP contribution is 2.25. The van der Waals surface area contributed by atoms with E-state index in [0.29, 0.717) is 0 Å². The van der Waals surface area contributed by atoms with E-state index in [-0.39, 0.29) is 6.04 Å². The van der Waals surface area contributed by atoms with Gasteiger partial charge in [0.25, 0.3) is 0 Å². The van der Waals surface area contributed by atoms with Gasteiger partial charge in [-0.15, -0.1) is 0 Å². The van der Waals surface area contributed by atoms with E-state index in [1.54, 1.807) is 0 Å². The van der Waals surface area contributed by atoms with E-state index in [9.17, 15) is 0 Å². The van der Waals surface area contributed by atoms with E-state index in [2.05, 4.69) is 37.3 Å². The summed E-state index contributed by atoms with van der Waals surface area (Å²) in [6, 6.07) is 18.4. The number of fused-ring (bicyclic) bond motifs is 1. The molecular weight excluding hydrogens is 234 g/mol. The minimum atomic E-state index is -0.0259. The lowest BCUT2D eigenvalue weighted by Gasteiger charge is -2.09. The third-order valence-corrected chi connectivity index (χ3v) is 3.44. The SMILES string of the molecule is Cc1cccc2cc(CC(N)c3ccccc3)oc12. The largest absolute Gasteiger partial charge is 0.461 e. The average Bonchev–Trinajstić information content (AvgIpc) is 2.84. The molecule has 2 N–H and O–H groups in total. The fraction of sp³-hybridized carbons (Fsp3) is 0.176. The highest BCUT2D eigenvalue weighted by molar-refractivity contribution is 5.80. The zero-order valence-corrected chi connectivity index (χ0v) is 11.0. The number of hydrogen-bond donors (Lipinski definition) is 1. The molecule has 0 saturated heterocycles. The van der Waals surface area contributed by atoms with Gasteiger partial charge in [-0.1, -0.05) is 48.5 Å². The van der Waals surface area contributed by atoms with Gasteiger partial charge in [0.05, 0.1) is 0 Å². The maximum Gasteiger partial charge on any atom is 0.137 e.